The predicted molar refractivity (Wildman–Crippen MR) is 132 cm³/mol. The number of halogens is 2. The fourth-order valence-electron chi connectivity index (χ4n) is 4.66. The standard InChI is InChI=1S/C26H20BrFN4O3/c1-33-17-8-10-20-18(12-17)23-22(25(35-20)15-5-9-21(34-2)19(27)11-15)24(14-3-6-16(28)7-4-14)32-26(31-23)29-13-30-32/h3-13,24-25H,1-2H3,(H,29,30,31). The van der Waals surface area contributed by atoms with E-state index in [1.54, 1.807) is 31.0 Å². The van der Waals surface area contributed by atoms with Gasteiger partial charge in [0.1, 0.15) is 41.5 Å². The molecule has 0 saturated carbocycles. The van der Waals surface area contributed by atoms with Crippen LogP contribution in [0.3, 0.4) is 0 Å². The second-order valence-electron chi connectivity index (χ2n) is 8.19. The van der Waals surface area contributed by atoms with Crippen LogP contribution in [0.1, 0.15) is 28.8 Å². The molecule has 176 valence electrons. The molecule has 2 aliphatic rings. The van der Waals surface area contributed by atoms with Gasteiger partial charge >= 0.3 is 0 Å². The van der Waals surface area contributed by atoms with Crippen LogP contribution in [-0.2, 0) is 0 Å². The number of hydrogen-bond acceptors (Lipinski definition) is 6. The Hall–Kier alpha value is -3.85. The fourth-order valence-corrected chi connectivity index (χ4v) is 5.22. The zero-order chi connectivity index (χ0) is 24.1. The minimum Gasteiger partial charge on any atom is -0.497 e. The molecule has 9 heteroatoms. The number of ether oxygens (including phenoxy) is 3. The second kappa shape index (κ2) is 8.42. The normalized spacial score (nSPS) is 18.1. The fraction of sp³-hybridized carbons (Fsp3) is 0.154. The summed E-state index contributed by atoms with van der Waals surface area (Å²) >= 11 is 3.60. The van der Waals surface area contributed by atoms with Gasteiger partial charge in [0.2, 0.25) is 5.95 Å². The van der Waals surface area contributed by atoms with E-state index in [4.69, 9.17) is 14.2 Å². The van der Waals surface area contributed by atoms with Crippen LogP contribution in [0.5, 0.6) is 17.2 Å². The van der Waals surface area contributed by atoms with Gasteiger partial charge in [-0.15, -0.1) is 0 Å². The van der Waals surface area contributed by atoms with Crippen molar-refractivity contribution in [3.8, 4) is 17.2 Å². The average molecular weight is 535 g/mol. The highest BCUT2D eigenvalue weighted by atomic mass is 79.9. The number of methoxy groups -OCH3 is 2. The van der Waals surface area contributed by atoms with Gasteiger partial charge in [-0.25, -0.2) is 9.07 Å². The van der Waals surface area contributed by atoms with Crippen LogP contribution >= 0.6 is 15.9 Å². The Morgan fingerprint density at radius 3 is 2.54 bits per heavy atom. The van der Waals surface area contributed by atoms with Crippen molar-refractivity contribution in [3.05, 3.63) is 99.5 Å². The number of nitrogens with one attached hydrogen (secondary N) is 1. The lowest BCUT2D eigenvalue weighted by Crippen LogP contribution is -2.32. The molecular weight excluding hydrogens is 515 g/mol. The first-order valence-electron chi connectivity index (χ1n) is 10.9. The van der Waals surface area contributed by atoms with Crippen molar-refractivity contribution in [2.24, 2.45) is 0 Å². The lowest BCUT2D eigenvalue weighted by Gasteiger charge is -2.39. The molecule has 2 aliphatic heterocycles. The van der Waals surface area contributed by atoms with Gasteiger partial charge in [-0.05, 0) is 69.5 Å². The third-order valence-electron chi connectivity index (χ3n) is 6.29. The number of benzene rings is 3. The number of hydrogen-bond donors (Lipinski definition) is 1. The van der Waals surface area contributed by atoms with E-state index in [9.17, 15) is 4.39 Å². The molecule has 0 radical (unpaired) electrons. The summed E-state index contributed by atoms with van der Waals surface area (Å²) in [6.45, 7) is 0. The van der Waals surface area contributed by atoms with Crippen LogP contribution in [0.2, 0.25) is 0 Å². The first-order valence-corrected chi connectivity index (χ1v) is 11.7. The van der Waals surface area contributed by atoms with E-state index in [0.717, 1.165) is 38.2 Å². The molecule has 0 saturated heterocycles. The topological polar surface area (TPSA) is 70.4 Å². The Bertz CT molecular complexity index is 1470. The van der Waals surface area contributed by atoms with Gasteiger partial charge in [-0.1, -0.05) is 18.2 Å². The van der Waals surface area contributed by atoms with Crippen molar-refractivity contribution in [2.45, 2.75) is 12.1 Å². The van der Waals surface area contributed by atoms with E-state index < -0.39 is 6.10 Å². The van der Waals surface area contributed by atoms with Crippen molar-refractivity contribution in [1.82, 2.24) is 14.8 Å². The minimum absolute atomic E-state index is 0.304. The summed E-state index contributed by atoms with van der Waals surface area (Å²) < 4.78 is 34.0. The number of rotatable bonds is 4. The molecular formula is C26H20BrFN4O3. The molecule has 4 aromatic rings. The Balaban J connectivity index is 1.61. The highest BCUT2D eigenvalue weighted by Crippen LogP contribution is 2.51. The summed E-state index contributed by atoms with van der Waals surface area (Å²) in [6, 6.07) is 17.6. The summed E-state index contributed by atoms with van der Waals surface area (Å²) in [5.41, 5.74) is 4.41. The SMILES string of the molecule is COc1ccc2c(c1)C1=C(C(c3ccc(OC)c(Br)c3)O2)C(c2ccc(F)cc2)n2ncnc2N1. The summed E-state index contributed by atoms with van der Waals surface area (Å²) in [4.78, 5) is 4.43. The molecule has 0 fully saturated rings. The lowest BCUT2D eigenvalue weighted by atomic mass is 9.84. The molecule has 35 heavy (non-hydrogen) atoms. The molecule has 6 rings (SSSR count). The molecule has 7 nitrogen and oxygen atoms in total. The van der Waals surface area contributed by atoms with Gasteiger partial charge in [-0.2, -0.15) is 10.1 Å². The highest BCUT2D eigenvalue weighted by Gasteiger charge is 2.41. The Morgan fingerprint density at radius 1 is 1.00 bits per heavy atom. The third-order valence-corrected chi connectivity index (χ3v) is 6.91. The van der Waals surface area contributed by atoms with Gasteiger partial charge < -0.3 is 19.5 Å². The molecule has 0 amide bonds. The van der Waals surface area contributed by atoms with Crippen LogP contribution in [-0.4, -0.2) is 29.0 Å². The van der Waals surface area contributed by atoms with Crippen molar-refractivity contribution < 1.29 is 18.6 Å². The van der Waals surface area contributed by atoms with E-state index in [1.165, 1.54) is 18.5 Å². The van der Waals surface area contributed by atoms with Crippen LogP contribution in [0, 0.1) is 5.82 Å². The van der Waals surface area contributed by atoms with Crippen LogP contribution in [0.15, 0.2) is 77.0 Å². The highest BCUT2D eigenvalue weighted by molar-refractivity contribution is 9.10. The molecule has 0 aliphatic carbocycles. The summed E-state index contributed by atoms with van der Waals surface area (Å²) in [6.07, 6.45) is 1.04. The van der Waals surface area contributed by atoms with Crippen molar-refractivity contribution >= 4 is 27.6 Å². The molecule has 3 aromatic carbocycles. The maximum atomic E-state index is 13.8. The van der Waals surface area contributed by atoms with Crippen molar-refractivity contribution in [3.63, 3.8) is 0 Å². The number of nitrogens with zero attached hydrogens (tertiary/aromatic N) is 3. The van der Waals surface area contributed by atoms with E-state index >= 15 is 0 Å². The zero-order valence-electron chi connectivity index (χ0n) is 18.8. The Kier molecular flexibility index (Phi) is 5.21. The van der Waals surface area contributed by atoms with Crippen LogP contribution < -0.4 is 19.5 Å². The van der Waals surface area contributed by atoms with E-state index in [0.29, 0.717) is 17.4 Å². The monoisotopic (exact) mass is 534 g/mol. The smallest absolute Gasteiger partial charge is 0.226 e. The molecule has 0 bridgehead atoms. The minimum atomic E-state index is -0.465. The molecule has 2 unspecified atom stereocenters. The van der Waals surface area contributed by atoms with Crippen LogP contribution in [0.25, 0.3) is 5.70 Å². The first kappa shape index (κ1) is 21.7. The maximum absolute atomic E-state index is 13.8. The third kappa shape index (κ3) is 3.54. The molecule has 1 aromatic heterocycles. The van der Waals surface area contributed by atoms with Crippen molar-refractivity contribution in [1.29, 1.82) is 0 Å². The Labute approximate surface area is 209 Å². The zero-order valence-corrected chi connectivity index (χ0v) is 20.4. The first-order chi connectivity index (χ1) is 17.1. The average Bonchev–Trinajstić information content (AvgIpc) is 3.35. The van der Waals surface area contributed by atoms with Gasteiger partial charge in [0.25, 0.3) is 0 Å². The van der Waals surface area contributed by atoms with E-state index in [1.807, 2.05) is 36.4 Å². The quantitative estimate of drug-likeness (QED) is 0.359. The van der Waals surface area contributed by atoms with Gasteiger partial charge in [-0.3, -0.25) is 0 Å². The summed E-state index contributed by atoms with van der Waals surface area (Å²) in [5.74, 6) is 2.42. The molecule has 3 heterocycles. The number of anilines is 1. The van der Waals surface area contributed by atoms with Gasteiger partial charge in [0.05, 0.1) is 24.4 Å². The molecule has 0 spiro atoms. The number of aromatic nitrogens is 3. The number of fused-ring (bicyclic) bond motifs is 3. The van der Waals surface area contributed by atoms with Crippen LogP contribution in [0.4, 0.5) is 10.3 Å². The summed E-state index contributed by atoms with van der Waals surface area (Å²) in [7, 11) is 3.26. The predicted octanol–water partition coefficient (Wildman–Crippen LogP) is 5.76. The van der Waals surface area contributed by atoms with Gasteiger partial charge in [0.15, 0.2) is 0 Å². The molecule has 1 N–H and O–H groups in total. The second-order valence-corrected chi connectivity index (χ2v) is 9.05. The maximum Gasteiger partial charge on any atom is 0.226 e. The summed E-state index contributed by atoms with van der Waals surface area (Å²) in [5, 5.41) is 7.95. The lowest BCUT2D eigenvalue weighted by molar-refractivity contribution is 0.222. The Morgan fingerprint density at radius 2 is 1.80 bits per heavy atom. The van der Waals surface area contributed by atoms with E-state index in [-0.39, 0.29) is 11.9 Å². The van der Waals surface area contributed by atoms with E-state index in [2.05, 4.69) is 31.3 Å². The van der Waals surface area contributed by atoms with Gasteiger partial charge in [0, 0.05) is 11.1 Å². The molecule has 2 atom stereocenters. The van der Waals surface area contributed by atoms with Crippen molar-refractivity contribution in [2.75, 3.05) is 19.5 Å². The largest absolute Gasteiger partial charge is 0.497 e.